The smallest absolute Gasteiger partial charge is 0.317 e. The first-order chi connectivity index (χ1) is 9.36. The van der Waals surface area contributed by atoms with E-state index in [0.717, 1.165) is 9.37 Å². The normalized spacial score (nSPS) is 10.3. The van der Waals surface area contributed by atoms with Crippen LogP contribution >= 0.6 is 15.9 Å². The standard InChI is InChI=1S/C12H13BrN2O5/c13-8-1-3-9(4-2-8)14-10(16)5-15(6-11(17)18)7-12(19)20/h1-4H,5-7H2,(H,14,16)(H,17,18)(H,19,20). The lowest BCUT2D eigenvalue weighted by Gasteiger charge is -2.17. The minimum absolute atomic E-state index is 0.311. The average Bonchev–Trinajstić information content (AvgIpc) is 2.30. The maximum Gasteiger partial charge on any atom is 0.317 e. The molecule has 3 N–H and O–H groups in total. The SMILES string of the molecule is O=C(O)CN(CC(=O)O)CC(=O)Nc1ccc(Br)cc1. The van der Waals surface area contributed by atoms with E-state index < -0.39 is 30.9 Å². The third kappa shape index (κ3) is 6.30. The number of hydrogen-bond acceptors (Lipinski definition) is 4. The van der Waals surface area contributed by atoms with Crippen molar-refractivity contribution < 1.29 is 24.6 Å². The van der Waals surface area contributed by atoms with Crippen LogP contribution in [0.5, 0.6) is 0 Å². The molecular formula is C12H13BrN2O5. The molecule has 0 aliphatic heterocycles. The van der Waals surface area contributed by atoms with Gasteiger partial charge in [-0.1, -0.05) is 15.9 Å². The van der Waals surface area contributed by atoms with Crippen LogP contribution in [0.3, 0.4) is 0 Å². The Bertz CT molecular complexity index is 487. The number of amides is 1. The number of halogens is 1. The van der Waals surface area contributed by atoms with Crippen LogP contribution in [-0.2, 0) is 14.4 Å². The molecule has 20 heavy (non-hydrogen) atoms. The van der Waals surface area contributed by atoms with Crippen molar-refractivity contribution in [1.82, 2.24) is 4.90 Å². The molecule has 108 valence electrons. The molecule has 0 spiro atoms. The number of hydrogen-bond donors (Lipinski definition) is 3. The highest BCUT2D eigenvalue weighted by Crippen LogP contribution is 2.13. The minimum atomic E-state index is -1.19. The number of nitrogens with zero attached hydrogens (tertiary/aromatic N) is 1. The predicted molar refractivity (Wildman–Crippen MR) is 74.5 cm³/mol. The van der Waals surface area contributed by atoms with Gasteiger partial charge in [-0.2, -0.15) is 0 Å². The Labute approximate surface area is 123 Å². The summed E-state index contributed by atoms with van der Waals surface area (Å²) >= 11 is 3.25. The predicted octanol–water partition coefficient (Wildman–Crippen LogP) is 0.859. The monoisotopic (exact) mass is 344 g/mol. The zero-order valence-corrected chi connectivity index (χ0v) is 12.0. The summed E-state index contributed by atoms with van der Waals surface area (Å²) < 4.78 is 0.855. The third-order valence-corrected chi connectivity index (χ3v) is 2.74. The summed E-state index contributed by atoms with van der Waals surface area (Å²) in [6, 6.07) is 6.81. The summed E-state index contributed by atoms with van der Waals surface area (Å²) in [4.78, 5) is 33.9. The van der Waals surface area contributed by atoms with Crippen molar-refractivity contribution in [1.29, 1.82) is 0 Å². The van der Waals surface area contributed by atoms with Crippen molar-refractivity contribution >= 4 is 39.5 Å². The molecule has 0 radical (unpaired) electrons. The zero-order chi connectivity index (χ0) is 15.1. The largest absolute Gasteiger partial charge is 0.480 e. The summed E-state index contributed by atoms with van der Waals surface area (Å²) in [5, 5.41) is 19.9. The first-order valence-electron chi connectivity index (χ1n) is 5.58. The van der Waals surface area contributed by atoms with Gasteiger partial charge in [0.2, 0.25) is 5.91 Å². The lowest BCUT2D eigenvalue weighted by atomic mass is 10.3. The average molecular weight is 345 g/mol. The second-order valence-corrected chi connectivity index (χ2v) is 4.90. The second kappa shape index (κ2) is 7.61. The molecule has 7 nitrogen and oxygen atoms in total. The van der Waals surface area contributed by atoms with Crippen molar-refractivity contribution in [2.24, 2.45) is 0 Å². The highest BCUT2D eigenvalue weighted by Gasteiger charge is 2.16. The van der Waals surface area contributed by atoms with Gasteiger partial charge in [-0.05, 0) is 24.3 Å². The highest BCUT2D eigenvalue weighted by atomic mass is 79.9. The van der Waals surface area contributed by atoms with Crippen LogP contribution in [0.15, 0.2) is 28.7 Å². The molecule has 1 aromatic rings. The first-order valence-corrected chi connectivity index (χ1v) is 6.37. The van der Waals surface area contributed by atoms with Crippen LogP contribution in [0.2, 0.25) is 0 Å². The Balaban J connectivity index is 2.58. The number of anilines is 1. The van der Waals surface area contributed by atoms with Crippen LogP contribution < -0.4 is 5.32 Å². The number of carbonyl (C=O) groups excluding carboxylic acids is 1. The van der Waals surface area contributed by atoms with Gasteiger partial charge in [0.05, 0.1) is 19.6 Å². The van der Waals surface area contributed by atoms with Gasteiger partial charge >= 0.3 is 11.9 Å². The molecule has 0 unspecified atom stereocenters. The number of aliphatic carboxylic acids is 2. The van der Waals surface area contributed by atoms with Gasteiger partial charge in [-0.15, -0.1) is 0 Å². The Morgan fingerprint density at radius 1 is 1.00 bits per heavy atom. The lowest BCUT2D eigenvalue weighted by Crippen LogP contribution is -2.40. The van der Waals surface area contributed by atoms with E-state index in [-0.39, 0.29) is 6.54 Å². The minimum Gasteiger partial charge on any atom is -0.480 e. The summed E-state index contributed by atoms with van der Waals surface area (Å²) in [6.07, 6.45) is 0. The van der Waals surface area contributed by atoms with Crippen molar-refractivity contribution in [2.45, 2.75) is 0 Å². The topological polar surface area (TPSA) is 107 Å². The lowest BCUT2D eigenvalue weighted by molar-refractivity contribution is -0.142. The molecule has 1 rings (SSSR count). The summed E-state index contributed by atoms with van der Waals surface area (Å²) in [6.45, 7) is -1.34. The number of carboxylic acids is 2. The maximum absolute atomic E-state index is 11.7. The summed E-state index contributed by atoms with van der Waals surface area (Å²) in [7, 11) is 0. The van der Waals surface area contributed by atoms with E-state index in [1.807, 2.05) is 0 Å². The second-order valence-electron chi connectivity index (χ2n) is 3.99. The fourth-order valence-electron chi connectivity index (χ4n) is 1.49. The van der Waals surface area contributed by atoms with Crippen LogP contribution in [0.4, 0.5) is 5.69 Å². The number of rotatable bonds is 7. The van der Waals surface area contributed by atoms with Gasteiger partial charge in [0.25, 0.3) is 0 Å². The molecule has 1 amide bonds. The molecule has 0 saturated carbocycles. The zero-order valence-electron chi connectivity index (χ0n) is 10.4. The van der Waals surface area contributed by atoms with E-state index in [9.17, 15) is 14.4 Å². The van der Waals surface area contributed by atoms with Gasteiger partial charge in [-0.25, -0.2) is 0 Å². The summed E-state index contributed by atoms with van der Waals surface area (Å²) in [5.41, 5.74) is 0.545. The molecular weight excluding hydrogens is 332 g/mol. The van der Waals surface area contributed by atoms with Crippen LogP contribution in [0.25, 0.3) is 0 Å². The molecule has 0 aromatic heterocycles. The first kappa shape index (κ1) is 16.1. The third-order valence-electron chi connectivity index (χ3n) is 2.21. The number of benzene rings is 1. The van der Waals surface area contributed by atoms with Crippen molar-refractivity contribution in [2.75, 3.05) is 25.0 Å². The molecule has 0 bridgehead atoms. The van der Waals surface area contributed by atoms with Crippen LogP contribution in [0, 0.1) is 0 Å². The number of carboxylic acid groups (broad SMARTS) is 2. The van der Waals surface area contributed by atoms with Crippen molar-refractivity contribution in [3.63, 3.8) is 0 Å². The van der Waals surface area contributed by atoms with Crippen LogP contribution in [-0.4, -0.2) is 52.6 Å². The van der Waals surface area contributed by atoms with E-state index in [1.165, 1.54) is 0 Å². The van der Waals surface area contributed by atoms with Gasteiger partial charge in [0, 0.05) is 10.2 Å². The van der Waals surface area contributed by atoms with Gasteiger partial charge in [0.1, 0.15) is 0 Å². The molecule has 0 aliphatic carbocycles. The van der Waals surface area contributed by atoms with Gasteiger partial charge in [-0.3, -0.25) is 19.3 Å². The van der Waals surface area contributed by atoms with E-state index in [2.05, 4.69) is 21.2 Å². The van der Waals surface area contributed by atoms with E-state index in [1.54, 1.807) is 24.3 Å². The number of nitrogens with one attached hydrogen (secondary N) is 1. The van der Waals surface area contributed by atoms with Gasteiger partial charge in [0.15, 0.2) is 0 Å². The number of carbonyl (C=O) groups is 3. The van der Waals surface area contributed by atoms with E-state index in [0.29, 0.717) is 5.69 Å². The van der Waals surface area contributed by atoms with E-state index in [4.69, 9.17) is 10.2 Å². The Hall–Kier alpha value is -1.93. The molecule has 0 heterocycles. The molecule has 1 aromatic carbocycles. The summed E-state index contributed by atoms with van der Waals surface area (Å²) in [5.74, 6) is -2.86. The quantitative estimate of drug-likeness (QED) is 0.677. The fraction of sp³-hybridized carbons (Fsp3) is 0.250. The van der Waals surface area contributed by atoms with Gasteiger partial charge < -0.3 is 15.5 Å². The Kier molecular flexibility index (Phi) is 6.13. The highest BCUT2D eigenvalue weighted by molar-refractivity contribution is 9.10. The molecule has 0 aliphatic rings. The molecule has 8 heteroatoms. The molecule has 0 atom stereocenters. The van der Waals surface area contributed by atoms with Crippen LogP contribution in [0.1, 0.15) is 0 Å². The fourth-order valence-corrected chi connectivity index (χ4v) is 1.75. The molecule has 0 fully saturated rings. The maximum atomic E-state index is 11.7. The Morgan fingerprint density at radius 2 is 1.50 bits per heavy atom. The Morgan fingerprint density at radius 3 is 1.95 bits per heavy atom. The van der Waals surface area contributed by atoms with Crippen molar-refractivity contribution in [3.8, 4) is 0 Å². The van der Waals surface area contributed by atoms with E-state index >= 15 is 0 Å². The molecule has 0 saturated heterocycles. The van der Waals surface area contributed by atoms with Crippen molar-refractivity contribution in [3.05, 3.63) is 28.7 Å².